The Morgan fingerprint density at radius 1 is 1.11 bits per heavy atom. The smallest absolute Gasteiger partial charge is 0.311 e. The zero-order chi connectivity index (χ0) is 14.0. The molecule has 0 saturated carbocycles. The number of nitro groups is 1. The number of benzene rings is 2. The van der Waals surface area contributed by atoms with Crippen molar-refractivity contribution < 1.29 is 9.66 Å². The first kappa shape index (κ1) is 12.9. The van der Waals surface area contributed by atoms with Gasteiger partial charge in [0.2, 0.25) is 5.75 Å². The SMILES string of the molecule is Cc1ccc(Oc2ccc(N)cc2C)c([N+](=O)[O-])c1. The van der Waals surface area contributed by atoms with Gasteiger partial charge in [0.1, 0.15) is 5.75 Å². The second kappa shape index (κ2) is 4.97. The molecule has 0 unspecified atom stereocenters. The molecule has 0 aromatic heterocycles. The lowest BCUT2D eigenvalue weighted by Crippen LogP contribution is -1.96. The zero-order valence-corrected chi connectivity index (χ0v) is 10.7. The number of hydrogen-bond donors (Lipinski definition) is 1. The molecule has 2 N–H and O–H groups in total. The highest BCUT2D eigenvalue weighted by Gasteiger charge is 2.16. The minimum absolute atomic E-state index is 0.0452. The van der Waals surface area contributed by atoms with Crippen LogP contribution >= 0.6 is 0 Å². The van der Waals surface area contributed by atoms with Gasteiger partial charge in [-0.25, -0.2) is 0 Å². The number of nitro benzene ring substituents is 1. The summed E-state index contributed by atoms with van der Waals surface area (Å²) in [5, 5.41) is 11.0. The molecule has 2 rings (SSSR count). The summed E-state index contributed by atoms with van der Waals surface area (Å²) in [4.78, 5) is 10.6. The molecule has 5 heteroatoms. The van der Waals surface area contributed by atoms with Gasteiger partial charge < -0.3 is 10.5 Å². The second-order valence-corrected chi connectivity index (χ2v) is 4.36. The zero-order valence-electron chi connectivity index (χ0n) is 10.7. The molecule has 0 heterocycles. The predicted octanol–water partition coefficient (Wildman–Crippen LogP) is 3.59. The molecule has 0 aliphatic carbocycles. The molecule has 0 bridgehead atoms. The minimum atomic E-state index is -0.449. The average molecular weight is 258 g/mol. The number of rotatable bonds is 3. The molecule has 2 aromatic rings. The van der Waals surface area contributed by atoms with Crippen molar-refractivity contribution in [2.75, 3.05) is 5.73 Å². The van der Waals surface area contributed by atoms with Crippen LogP contribution in [0.5, 0.6) is 11.5 Å². The molecule has 0 aliphatic rings. The molecule has 0 spiro atoms. The molecule has 19 heavy (non-hydrogen) atoms. The van der Waals surface area contributed by atoms with Gasteiger partial charge in [-0.3, -0.25) is 10.1 Å². The van der Waals surface area contributed by atoms with Gasteiger partial charge in [-0.05, 0) is 49.2 Å². The quantitative estimate of drug-likeness (QED) is 0.518. The van der Waals surface area contributed by atoms with Gasteiger partial charge in [0.15, 0.2) is 0 Å². The van der Waals surface area contributed by atoms with Crippen molar-refractivity contribution in [3.8, 4) is 11.5 Å². The van der Waals surface area contributed by atoms with Crippen LogP contribution in [0, 0.1) is 24.0 Å². The maximum absolute atomic E-state index is 11.0. The van der Waals surface area contributed by atoms with E-state index in [-0.39, 0.29) is 11.4 Å². The summed E-state index contributed by atoms with van der Waals surface area (Å²) in [7, 11) is 0. The van der Waals surface area contributed by atoms with Crippen LogP contribution in [-0.2, 0) is 0 Å². The number of aryl methyl sites for hydroxylation is 2. The van der Waals surface area contributed by atoms with Crippen LogP contribution in [0.1, 0.15) is 11.1 Å². The van der Waals surface area contributed by atoms with Crippen LogP contribution in [0.4, 0.5) is 11.4 Å². The molecule has 0 radical (unpaired) electrons. The van der Waals surface area contributed by atoms with Crippen LogP contribution in [0.2, 0.25) is 0 Å². The number of nitrogen functional groups attached to an aromatic ring is 1. The number of anilines is 1. The third-order valence-electron chi connectivity index (χ3n) is 2.73. The third-order valence-corrected chi connectivity index (χ3v) is 2.73. The highest BCUT2D eigenvalue weighted by atomic mass is 16.6. The molecule has 0 aliphatic heterocycles. The van der Waals surface area contributed by atoms with Crippen molar-refractivity contribution in [2.24, 2.45) is 0 Å². The Labute approximate surface area is 110 Å². The Morgan fingerprint density at radius 2 is 1.79 bits per heavy atom. The van der Waals surface area contributed by atoms with Crippen molar-refractivity contribution in [2.45, 2.75) is 13.8 Å². The van der Waals surface area contributed by atoms with Gasteiger partial charge >= 0.3 is 5.69 Å². The van der Waals surface area contributed by atoms with E-state index in [1.54, 1.807) is 37.3 Å². The van der Waals surface area contributed by atoms with Crippen molar-refractivity contribution in [3.63, 3.8) is 0 Å². The van der Waals surface area contributed by atoms with E-state index >= 15 is 0 Å². The van der Waals surface area contributed by atoms with Crippen molar-refractivity contribution >= 4 is 11.4 Å². The van der Waals surface area contributed by atoms with Crippen molar-refractivity contribution in [1.29, 1.82) is 0 Å². The van der Waals surface area contributed by atoms with Gasteiger partial charge in [0.25, 0.3) is 0 Å². The van der Waals surface area contributed by atoms with Gasteiger partial charge in [0.05, 0.1) is 4.92 Å². The Hall–Kier alpha value is -2.56. The van der Waals surface area contributed by atoms with E-state index in [1.807, 2.05) is 6.92 Å². The Morgan fingerprint density at radius 3 is 2.42 bits per heavy atom. The number of hydrogen-bond acceptors (Lipinski definition) is 4. The fourth-order valence-electron chi connectivity index (χ4n) is 1.76. The average Bonchev–Trinajstić information content (AvgIpc) is 2.34. The first-order valence-electron chi connectivity index (χ1n) is 5.76. The van der Waals surface area contributed by atoms with Crippen LogP contribution < -0.4 is 10.5 Å². The van der Waals surface area contributed by atoms with Crippen molar-refractivity contribution in [1.82, 2.24) is 0 Å². The minimum Gasteiger partial charge on any atom is -0.450 e. The Kier molecular flexibility index (Phi) is 3.37. The summed E-state index contributed by atoms with van der Waals surface area (Å²) in [5.74, 6) is 0.782. The fraction of sp³-hybridized carbons (Fsp3) is 0.143. The lowest BCUT2D eigenvalue weighted by atomic mass is 10.2. The molecule has 2 aromatic carbocycles. The largest absolute Gasteiger partial charge is 0.450 e. The van der Waals surface area contributed by atoms with Crippen LogP contribution in [-0.4, -0.2) is 4.92 Å². The van der Waals surface area contributed by atoms with Gasteiger partial charge in [-0.2, -0.15) is 0 Å². The molecular weight excluding hydrogens is 244 g/mol. The summed E-state index contributed by atoms with van der Waals surface area (Å²) < 4.78 is 5.61. The molecule has 0 amide bonds. The monoisotopic (exact) mass is 258 g/mol. The predicted molar refractivity (Wildman–Crippen MR) is 73.5 cm³/mol. The number of nitrogens with zero attached hydrogens (tertiary/aromatic N) is 1. The molecule has 0 fully saturated rings. The van der Waals surface area contributed by atoms with Crippen LogP contribution in [0.25, 0.3) is 0 Å². The maximum Gasteiger partial charge on any atom is 0.311 e. The topological polar surface area (TPSA) is 78.4 Å². The lowest BCUT2D eigenvalue weighted by molar-refractivity contribution is -0.385. The Bertz CT molecular complexity index is 639. The standard InChI is InChI=1S/C14H14N2O3/c1-9-3-5-14(12(7-9)16(17)18)19-13-6-4-11(15)8-10(13)2/h3-8H,15H2,1-2H3. The van der Waals surface area contributed by atoms with E-state index in [0.29, 0.717) is 11.4 Å². The van der Waals surface area contributed by atoms with E-state index in [1.165, 1.54) is 6.07 Å². The summed E-state index contributed by atoms with van der Waals surface area (Å²) >= 11 is 0. The van der Waals surface area contributed by atoms with E-state index in [9.17, 15) is 10.1 Å². The highest BCUT2D eigenvalue weighted by Crippen LogP contribution is 2.33. The van der Waals surface area contributed by atoms with E-state index in [0.717, 1.165) is 11.1 Å². The molecule has 98 valence electrons. The first-order valence-corrected chi connectivity index (χ1v) is 5.76. The lowest BCUT2D eigenvalue weighted by Gasteiger charge is -2.09. The molecule has 5 nitrogen and oxygen atoms in total. The molecule has 0 atom stereocenters. The van der Waals surface area contributed by atoms with Gasteiger partial charge in [-0.15, -0.1) is 0 Å². The number of nitrogens with two attached hydrogens (primary N) is 1. The summed E-state index contributed by atoms with van der Waals surface area (Å²) in [6, 6.07) is 10.0. The number of ether oxygens (including phenoxy) is 1. The Balaban J connectivity index is 2.40. The summed E-state index contributed by atoms with van der Waals surface area (Å²) in [6.07, 6.45) is 0. The third kappa shape index (κ3) is 2.82. The van der Waals surface area contributed by atoms with Crippen LogP contribution in [0.15, 0.2) is 36.4 Å². The molecular formula is C14H14N2O3. The summed E-state index contributed by atoms with van der Waals surface area (Å²) in [5.41, 5.74) is 7.88. The normalized spacial score (nSPS) is 10.2. The molecule has 0 saturated heterocycles. The van der Waals surface area contributed by atoms with E-state index < -0.39 is 4.92 Å². The first-order chi connectivity index (χ1) is 8.97. The highest BCUT2D eigenvalue weighted by molar-refractivity contribution is 5.53. The van der Waals surface area contributed by atoms with Crippen molar-refractivity contribution in [3.05, 3.63) is 57.6 Å². The van der Waals surface area contributed by atoms with E-state index in [2.05, 4.69) is 0 Å². The van der Waals surface area contributed by atoms with Gasteiger partial charge in [0, 0.05) is 11.8 Å². The summed E-state index contributed by atoms with van der Waals surface area (Å²) in [6.45, 7) is 3.64. The van der Waals surface area contributed by atoms with E-state index in [4.69, 9.17) is 10.5 Å². The maximum atomic E-state index is 11.0. The van der Waals surface area contributed by atoms with Crippen LogP contribution in [0.3, 0.4) is 0 Å². The second-order valence-electron chi connectivity index (χ2n) is 4.36. The fourth-order valence-corrected chi connectivity index (χ4v) is 1.76. The van der Waals surface area contributed by atoms with Gasteiger partial charge in [-0.1, -0.05) is 6.07 Å².